The number of carbonyl (C=O) groups excluding carboxylic acids is 2. The molecule has 3 heterocycles. The van der Waals surface area contributed by atoms with Gasteiger partial charge in [0.2, 0.25) is 15.9 Å². The van der Waals surface area contributed by atoms with Crippen LogP contribution in [0.4, 0.5) is 0 Å². The lowest BCUT2D eigenvalue weighted by molar-refractivity contribution is -0.133. The molecule has 34 heavy (non-hydrogen) atoms. The molecule has 3 rings (SSSR count). The lowest BCUT2D eigenvalue weighted by Gasteiger charge is -2.46. The van der Waals surface area contributed by atoms with E-state index in [1.54, 1.807) is 12.1 Å². The summed E-state index contributed by atoms with van der Waals surface area (Å²) in [7, 11) is -0.718. The maximum atomic E-state index is 12.7. The molecule has 2 aromatic rings. The molecule has 0 saturated carbocycles. The number of sulfonamides is 1. The molecule has 1 fully saturated rings. The van der Waals surface area contributed by atoms with Gasteiger partial charge in [-0.15, -0.1) is 0 Å². The van der Waals surface area contributed by atoms with Crippen molar-refractivity contribution in [2.75, 3.05) is 40.1 Å². The van der Waals surface area contributed by atoms with E-state index in [4.69, 9.17) is 16.3 Å². The van der Waals surface area contributed by atoms with E-state index >= 15 is 0 Å². The van der Waals surface area contributed by atoms with Crippen LogP contribution in [0.25, 0.3) is 11.4 Å². The first-order chi connectivity index (χ1) is 16.1. The summed E-state index contributed by atoms with van der Waals surface area (Å²) in [6, 6.07) is 3.16. The van der Waals surface area contributed by atoms with Crippen LogP contribution in [0.15, 0.2) is 37.2 Å². The van der Waals surface area contributed by atoms with Crippen molar-refractivity contribution in [3.63, 3.8) is 0 Å². The molecule has 2 atom stereocenters. The first-order valence-electron chi connectivity index (χ1n) is 10.2. The van der Waals surface area contributed by atoms with E-state index in [1.807, 2.05) is 0 Å². The van der Waals surface area contributed by atoms with Gasteiger partial charge in [-0.1, -0.05) is 18.2 Å². The number of ether oxygens (including phenoxy) is 1. The van der Waals surface area contributed by atoms with Crippen molar-refractivity contribution >= 4 is 33.4 Å². The Hall–Kier alpha value is -2.93. The van der Waals surface area contributed by atoms with Gasteiger partial charge in [0.05, 0.1) is 36.3 Å². The fourth-order valence-electron chi connectivity index (χ4n) is 3.95. The third kappa shape index (κ3) is 5.41. The standard InChI is InChI=1S/C21H25ClN6O5S/c1-5-19(29)27-6-7-28(34(4,31)32)20(17(27)11-33-3)13-8-15(26-18(22)9-13)14-10-16(21(30)23-2)25-12-24-14/h5,8-10,12,17,20H,1,6-7,11H2,2-4H3,(H,23,30)/t17-,20-/m0/s1. The average molecular weight is 509 g/mol. The number of carbonyl (C=O) groups is 2. The van der Waals surface area contributed by atoms with Gasteiger partial charge in [-0.2, -0.15) is 4.31 Å². The molecule has 1 saturated heterocycles. The van der Waals surface area contributed by atoms with E-state index in [9.17, 15) is 18.0 Å². The Morgan fingerprint density at radius 2 is 2.00 bits per heavy atom. The van der Waals surface area contributed by atoms with Gasteiger partial charge in [0, 0.05) is 27.2 Å². The van der Waals surface area contributed by atoms with Gasteiger partial charge in [0.15, 0.2) is 0 Å². The Bertz CT molecular complexity index is 1210. The van der Waals surface area contributed by atoms with Crippen LogP contribution in [-0.2, 0) is 19.6 Å². The minimum absolute atomic E-state index is 0.0693. The smallest absolute Gasteiger partial charge is 0.269 e. The number of amides is 2. The predicted octanol–water partition coefficient (Wildman–Crippen LogP) is 0.897. The molecule has 0 radical (unpaired) electrons. The van der Waals surface area contributed by atoms with Crippen molar-refractivity contribution in [3.05, 3.63) is 53.6 Å². The second-order valence-corrected chi connectivity index (χ2v) is 9.88. The molecule has 0 aliphatic carbocycles. The van der Waals surface area contributed by atoms with Crippen LogP contribution in [-0.4, -0.2) is 90.5 Å². The number of rotatable bonds is 7. The Labute approximate surface area is 202 Å². The van der Waals surface area contributed by atoms with Gasteiger partial charge in [0.25, 0.3) is 5.91 Å². The Kier molecular flexibility index (Phi) is 7.97. The zero-order chi connectivity index (χ0) is 25.0. The SMILES string of the molecule is C=CC(=O)N1CCN(S(C)(=O)=O)[C@@H](c2cc(Cl)nc(-c3cc(C(=O)NC)ncn3)c2)[C@@H]1COC. The summed E-state index contributed by atoms with van der Waals surface area (Å²) in [5, 5.41) is 2.58. The van der Waals surface area contributed by atoms with Crippen molar-refractivity contribution in [2.24, 2.45) is 0 Å². The maximum Gasteiger partial charge on any atom is 0.269 e. The number of aromatic nitrogens is 3. The fraction of sp³-hybridized carbons (Fsp3) is 0.381. The van der Waals surface area contributed by atoms with E-state index in [1.165, 1.54) is 41.8 Å². The number of nitrogens with zero attached hydrogens (tertiary/aromatic N) is 5. The normalized spacial score (nSPS) is 19.0. The Morgan fingerprint density at radius 3 is 2.62 bits per heavy atom. The second kappa shape index (κ2) is 10.6. The number of pyridine rings is 1. The molecular weight excluding hydrogens is 484 g/mol. The van der Waals surface area contributed by atoms with Crippen molar-refractivity contribution < 1.29 is 22.7 Å². The molecular formula is C21H25ClN6O5S. The second-order valence-electron chi connectivity index (χ2n) is 7.55. The molecule has 1 aliphatic rings. The lowest BCUT2D eigenvalue weighted by atomic mass is 9.95. The van der Waals surface area contributed by atoms with Crippen molar-refractivity contribution in [1.82, 2.24) is 29.5 Å². The quantitative estimate of drug-likeness (QED) is 0.430. The van der Waals surface area contributed by atoms with Crippen molar-refractivity contribution in [3.8, 4) is 11.4 Å². The van der Waals surface area contributed by atoms with E-state index < -0.39 is 28.0 Å². The molecule has 11 nitrogen and oxygen atoms in total. The summed E-state index contributed by atoms with van der Waals surface area (Å²) < 4.78 is 32.1. The Morgan fingerprint density at radius 1 is 1.26 bits per heavy atom. The van der Waals surface area contributed by atoms with Gasteiger partial charge in [0.1, 0.15) is 17.2 Å². The summed E-state index contributed by atoms with van der Waals surface area (Å²) in [6.45, 7) is 3.87. The number of hydrogen-bond acceptors (Lipinski definition) is 8. The molecule has 0 bridgehead atoms. The molecule has 0 spiro atoms. The highest BCUT2D eigenvalue weighted by atomic mass is 35.5. The van der Waals surface area contributed by atoms with Gasteiger partial charge >= 0.3 is 0 Å². The largest absolute Gasteiger partial charge is 0.382 e. The van der Waals surface area contributed by atoms with E-state index in [0.29, 0.717) is 17.0 Å². The first kappa shape index (κ1) is 25.7. The minimum Gasteiger partial charge on any atom is -0.382 e. The van der Waals surface area contributed by atoms with Gasteiger partial charge < -0.3 is 15.0 Å². The van der Waals surface area contributed by atoms with Gasteiger partial charge in [-0.25, -0.2) is 23.4 Å². The Balaban J connectivity index is 2.17. The summed E-state index contributed by atoms with van der Waals surface area (Å²) in [4.78, 5) is 38.5. The van der Waals surface area contributed by atoms with Crippen LogP contribution in [0.5, 0.6) is 0 Å². The highest BCUT2D eigenvalue weighted by Crippen LogP contribution is 2.36. The van der Waals surface area contributed by atoms with Crippen molar-refractivity contribution in [2.45, 2.75) is 12.1 Å². The summed E-state index contributed by atoms with van der Waals surface area (Å²) in [5.41, 5.74) is 1.25. The number of methoxy groups -OCH3 is 1. The number of piperazine rings is 1. The molecule has 2 amide bonds. The molecule has 13 heteroatoms. The van der Waals surface area contributed by atoms with E-state index in [0.717, 1.165) is 6.26 Å². The van der Waals surface area contributed by atoms with Crippen LogP contribution in [0.2, 0.25) is 5.15 Å². The van der Waals surface area contributed by atoms with Crippen LogP contribution in [0, 0.1) is 0 Å². The van der Waals surface area contributed by atoms with Crippen LogP contribution >= 0.6 is 11.6 Å². The summed E-state index contributed by atoms with van der Waals surface area (Å²) in [5.74, 6) is -0.744. The number of hydrogen-bond donors (Lipinski definition) is 1. The van der Waals surface area contributed by atoms with E-state index in [2.05, 4.69) is 26.8 Å². The van der Waals surface area contributed by atoms with Crippen LogP contribution < -0.4 is 5.32 Å². The van der Waals surface area contributed by atoms with Crippen LogP contribution in [0.3, 0.4) is 0 Å². The van der Waals surface area contributed by atoms with Crippen molar-refractivity contribution in [1.29, 1.82) is 0 Å². The topological polar surface area (TPSA) is 135 Å². The average Bonchev–Trinajstić information content (AvgIpc) is 2.82. The lowest BCUT2D eigenvalue weighted by Crippen LogP contribution is -2.59. The molecule has 0 unspecified atom stereocenters. The van der Waals surface area contributed by atoms with Gasteiger partial charge in [-0.05, 0) is 29.8 Å². The zero-order valence-corrected chi connectivity index (χ0v) is 20.5. The number of nitrogens with one attached hydrogen (secondary N) is 1. The van der Waals surface area contributed by atoms with Gasteiger partial charge in [-0.3, -0.25) is 9.59 Å². The first-order valence-corrected chi connectivity index (χ1v) is 12.4. The fourth-order valence-corrected chi connectivity index (χ4v) is 5.25. The highest BCUT2D eigenvalue weighted by molar-refractivity contribution is 7.88. The highest BCUT2D eigenvalue weighted by Gasteiger charge is 2.43. The maximum absolute atomic E-state index is 12.7. The molecule has 1 aliphatic heterocycles. The molecule has 2 aromatic heterocycles. The predicted molar refractivity (Wildman–Crippen MR) is 126 cm³/mol. The third-order valence-electron chi connectivity index (χ3n) is 5.40. The molecule has 0 aromatic carbocycles. The zero-order valence-electron chi connectivity index (χ0n) is 18.9. The minimum atomic E-state index is -3.67. The third-order valence-corrected chi connectivity index (χ3v) is 6.86. The van der Waals surface area contributed by atoms with Crippen LogP contribution in [0.1, 0.15) is 22.1 Å². The number of halogens is 1. The van der Waals surface area contributed by atoms with E-state index in [-0.39, 0.29) is 36.5 Å². The summed E-state index contributed by atoms with van der Waals surface area (Å²) >= 11 is 6.33. The summed E-state index contributed by atoms with van der Waals surface area (Å²) in [6.07, 6.45) is 3.52. The molecule has 182 valence electrons. The monoisotopic (exact) mass is 508 g/mol. The molecule has 1 N–H and O–H groups in total.